The van der Waals surface area contributed by atoms with Crippen molar-refractivity contribution in [3.8, 4) is 44.5 Å². The molecule has 0 unspecified atom stereocenters. The molecule has 10 aromatic rings. The molecule has 0 heterocycles. The highest BCUT2D eigenvalue weighted by molar-refractivity contribution is 6.15. The lowest BCUT2D eigenvalue weighted by Crippen LogP contribution is -1.87. The van der Waals surface area contributed by atoms with Crippen molar-refractivity contribution in [2.75, 3.05) is 0 Å². The zero-order valence-corrected chi connectivity index (χ0v) is 27.5. The molecule has 10 rings (SSSR count). The summed E-state index contributed by atoms with van der Waals surface area (Å²) in [5.41, 5.74) is 9.88. The molecule has 50 heavy (non-hydrogen) atoms. The smallest absolute Gasteiger partial charge is 0.00988 e. The van der Waals surface area contributed by atoms with E-state index in [4.69, 9.17) is 0 Å². The van der Waals surface area contributed by atoms with Crippen molar-refractivity contribution in [3.05, 3.63) is 194 Å². The van der Waals surface area contributed by atoms with E-state index in [2.05, 4.69) is 194 Å². The molecule has 0 aliphatic heterocycles. The Labute approximate surface area is 291 Å². The number of hydrogen-bond acceptors (Lipinski definition) is 0. The molecule has 0 radical (unpaired) electrons. The molecular formula is C50H32. The minimum Gasteiger partial charge on any atom is -0.0616 e. The van der Waals surface area contributed by atoms with Gasteiger partial charge in [0.2, 0.25) is 0 Å². The third kappa shape index (κ3) is 4.77. The van der Waals surface area contributed by atoms with E-state index in [-0.39, 0.29) is 0 Å². The summed E-state index contributed by atoms with van der Waals surface area (Å²) in [5, 5.41) is 12.8. The lowest BCUT2D eigenvalue weighted by molar-refractivity contribution is 1.61. The highest BCUT2D eigenvalue weighted by Gasteiger charge is 2.12. The predicted molar refractivity (Wildman–Crippen MR) is 216 cm³/mol. The zero-order valence-electron chi connectivity index (χ0n) is 27.5. The minimum atomic E-state index is 1.22. The van der Waals surface area contributed by atoms with Gasteiger partial charge in [-0.1, -0.05) is 158 Å². The Morgan fingerprint density at radius 3 is 1.04 bits per heavy atom. The molecule has 0 amide bonds. The van der Waals surface area contributed by atoms with Crippen molar-refractivity contribution in [1.82, 2.24) is 0 Å². The molecule has 0 nitrogen and oxygen atoms in total. The van der Waals surface area contributed by atoms with Crippen molar-refractivity contribution >= 4 is 53.9 Å². The van der Waals surface area contributed by atoms with Crippen LogP contribution < -0.4 is 0 Å². The number of hydrogen-bond donors (Lipinski definition) is 0. The lowest BCUT2D eigenvalue weighted by atomic mass is 9.91. The molecule has 0 N–H and O–H groups in total. The van der Waals surface area contributed by atoms with Crippen molar-refractivity contribution in [3.63, 3.8) is 0 Å². The Morgan fingerprint density at radius 1 is 0.180 bits per heavy atom. The van der Waals surface area contributed by atoms with Crippen LogP contribution in [0.4, 0.5) is 0 Å². The average molecular weight is 633 g/mol. The van der Waals surface area contributed by atoms with Gasteiger partial charge in [-0.25, -0.2) is 0 Å². The first-order chi connectivity index (χ1) is 24.8. The summed E-state index contributed by atoms with van der Waals surface area (Å²) in [4.78, 5) is 0. The molecule has 10 aromatic carbocycles. The summed E-state index contributed by atoms with van der Waals surface area (Å²) in [6.45, 7) is 0. The van der Waals surface area contributed by atoms with Crippen LogP contribution in [0, 0.1) is 0 Å². The summed E-state index contributed by atoms with van der Waals surface area (Å²) >= 11 is 0. The van der Waals surface area contributed by atoms with Crippen molar-refractivity contribution < 1.29 is 0 Å². The average Bonchev–Trinajstić information content (AvgIpc) is 3.20. The fourth-order valence-electron chi connectivity index (χ4n) is 7.92. The molecule has 0 aliphatic carbocycles. The topological polar surface area (TPSA) is 0 Å². The number of fused-ring (bicyclic) bond motifs is 7. The SMILES string of the molecule is c1cc(-c2ccc3ccc(-c4cccc(-c5cc6ccccc6c6ccccc56)c4)cc3c2)cc(-c2cc3ccccc3c3ccccc23)c1. The van der Waals surface area contributed by atoms with Gasteiger partial charge >= 0.3 is 0 Å². The molecule has 0 aliphatic rings. The van der Waals surface area contributed by atoms with Gasteiger partial charge in [-0.3, -0.25) is 0 Å². The molecule has 0 spiro atoms. The quantitative estimate of drug-likeness (QED) is 0.169. The summed E-state index contributed by atoms with van der Waals surface area (Å²) in [6, 6.07) is 71.4. The number of benzene rings is 10. The van der Waals surface area contributed by atoms with Gasteiger partial charge in [-0.2, -0.15) is 0 Å². The molecule has 0 aromatic heterocycles. The Morgan fingerprint density at radius 2 is 0.560 bits per heavy atom. The highest BCUT2D eigenvalue weighted by atomic mass is 14.2. The molecule has 0 heteroatoms. The Balaban J connectivity index is 1.05. The molecular weight excluding hydrogens is 601 g/mol. The summed E-state index contributed by atoms with van der Waals surface area (Å²) in [5.74, 6) is 0. The first kappa shape index (κ1) is 28.5. The maximum Gasteiger partial charge on any atom is -0.00988 e. The van der Waals surface area contributed by atoms with E-state index in [1.165, 1.54) is 98.4 Å². The second kappa shape index (κ2) is 11.6. The third-order valence-corrected chi connectivity index (χ3v) is 10.4. The minimum absolute atomic E-state index is 1.22. The normalized spacial score (nSPS) is 11.6. The van der Waals surface area contributed by atoms with Crippen LogP contribution in [0.2, 0.25) is 0 Å². The van der Waals surface area contributed by atoms with Crippen LogP contribution in [0.5, 0.6) is 0 Å². The Kier molecular flexibility index (Phi) is 6.60. The van der Waals surface area contributed by atoms with Gasteiger partial charge in [0.25, 0.3) is 0 Å². The lowest BCUT2D eigenvalue weighted by Gasteiger charge is -2.13. The van der Waals surface area contributed by atoms with Crippen molar-refractivity contribution in [2.24, 2.45) is 0 Å². The van der Waals surface area contributed by atoms with Crippen molar-refractivity contribution in [1.29, 1.82) is 0 Å². The number of rotatable bonds is 4. The van der Waals surface area contributed by atoms with Gasteiger partial charge in [-0.15, -0.1) is 0 Å². The van der Waals surface area contributed by atoms with Gasteiger partial charge < -0.3 is 0 Å². The van der Waals surface area contributed by atoms with Gasteiger partial charge in [-0.05, 0) is 135 Å². The van der Waals surface area contributed by atoms with Crippen LogP contribution >= 0.6 is 0 Å². The van der Waals surface area contributed by atoms with E-state index in [0.29, 0.717) is 0 Å². The zero-order chi connectivity index (χ0) is 33.0. The van der Waals surface area contributed by atoms with E-state index in [1.54, 1.807) is 0 Å². The molecule has 232 valence electrons. The van der Waals surface area contributed by atoms with E-state index in [0.717, 1.165) is 0 Å². The Hall–Kier alpha value is -6.50. The van der Waals surface area contributed by atoms with Crippen molar-refractivity contribution in [2.45, 2.75) is 0 Å². The molecule has 0 saturated carbocycles. The van der Waals surface area contributed by atoms with Gasteiger partial charge in [0.05, 0.1) is 0 Å². The van der Waals surface area contributed by atoms with E-state index < -0.39 is 0 Å². The van der Waals surface area contributed by atoms with Crippen LogP contribution in [0.15, 0.2) is 194 Å². The molecule has 0 bridgehead atoms. The van der Waals surface area contributed by atoms with Crippen LogP contribution in [0.25, 0.3) is 98.4 Å². The van der Waals surface area contributed by atoms with Gasteiger partial charge in [0.15, 0.2) is 0 Å². The third-order valence-electron chi connectivity index (χ3n) is 10.4. The van der Waals surface area contributed by atoms with Gasteiger partial charge in [0.1, 0.15) is 0 Å². The molecule has 0 atom stereocenters. The van der Waals surface area contributed by atoms with Crippen LogP contribution in [-0.4, -0.2) is 0 Å². The van der Waals surface area contributed by atoms with E-state index in [1.807, 2.05) is 0 Å². The van der Waals surface area contributed by atoms with E-state index in [9.17, 15) is 0 Å². The van der Waals surface area contributed by atoms with E-state index >= 15 is 0 Å². The summed E-state index contributed by atoms with van der Waals surface area (Å²) in [6.07, 6.45) is 0. The fraction of sp³-hybridized carbons (Fsp3) is 0. The van der Waals surface area contributed by atoms with Crippen LogP contribution in [0.1, 0.15) is 0 Å². The second-order valence-electron chi connectivity index (χ2n) is 13.3. The monoisotopic (exact) mass is 632 g/mol. The van der Waals surface area contributed by atoms with Crippen LogP contribution in [-0.2, 0) is 0 Å². The maximum atomic E-state index is 2.35. The molecule has 0 fully saturated rings. The Bertz CT molecular complexity index is 2730. The fourth-order valence-corrected chi connectivity index (χ4v) is 7.92. The predicted octanol–water partition coefficient (Wildman–Crippen LogP) is 14.1. The maximum absolute atomic E-state index is 2.35. The summed E-state index contributed by atoms with van der Waals surface area (Å²) < 4.78 is 0. The standard InChI is InChI=1S/C50H32/c1-3-17-43-40(11-1)31-49(47-21-7-5-19-45(43)47)38-15-9-13-34(27-38)36-25-23-33-24-26-37(30-42(33)29-36)35-14-10-16-39(28-35)50-32-41-12-2-4-18-44(41)46-20-6-8-22-48(46)50/h1-32H. The first-order valence-corrected chi connectivity index (χ1v) is 17.3. The second-order valence-corrected chi connectivity index (χ2v) is 13.3. The molecule has 0 saturated heterocycles. The van der Waals surface area contributed by atoms with Gasteiger partial charge in [0, 0.05) is 0 Å². The van der Waals surface area contributed by atoms with Crippen LogP contribution in [0.3, 0.4) is 0 Å². The highest BCUT2D eigenvalue weighted by Crippen LogP contribution is 2.39. The first-order valence-electron chi connectivity index (χ1n) is 17.3. The summed E-state index contributed by atoms with van der Waals surface area (Å²) in [7, 11) is 0. The largest absolute Gasteiger partial charge is 0.0616 e.